The van der Waals surface area contributed by atoms with Crippen molar-refractivity contribution in [3.63, 3.8) is 0 Å². The molecule has 0 aliphatic carbocycles. The minimum Gasteiger partial charge on any atom is -0.456 e. The highest BCUT2D eigenvalue weighted by atomic mass is 16.3. The van der Waals surface area contributed by atoms with Crippen LogP contribution in [0.15, 0.2) is 168 Å². The van der Waals surface area contributed by atoms with E-state index in [0.29, 0.717) is 23.0 Å². The van der Waals surface area contributed by atoms with E-state index in [4.69, 9.17) is 26.2 Å². The van der Waals surface area contributed by atoms with Crippen LogP contribution in [0.25, 0.3) is 89.1 Å². The second-order valence-electron chi connectivity index (χ2n) is 11.3. The van der Waals surface area contributed by atoms with Gasteiger partial charge in [0.05, 0.1) is 6.85 Å². The molecule has 0 aliphatic heterocycles. The fraction of sp³-hybridized carbons (Fsp3) is 0. The zero-order valence-corrected chi connectivity index (χ0v) is 25.0. The Morgan fingerprint density at radius 1 is 0.426 bits per heavy atom. The van der Waals surface area contributed by atoms with Crippen molar-refractivity contribution in [1.29, 1.82) is 0 Å². The van der Waals surface area contributed by atoms with Gasteiger partial charge in [-0.25, -0.2) is 15.0 Å². The van der Waals surface area contributed by atoms with Crippen LogP contribution in [0.3, 0.4) is 0 Å². The van der Waals surface area contributed by atoms with Crippen LogP contribution in [-0.4, -0.2) is 15.0 Å². The topological polar surface area (TPSA) is 51.8 Å². The van der Waals surface area contributed by atoms with E-state index in [1.54, 1.807) is 6.07 Å². The Kier molecular flexibility index (Phi) is 5.28. The Hall–Kier alpha value is -6.39. The molecule has 0 aliphatic rings. The summed E-state index contributed by atoms with van der Waals surface area (Å²) < 4.78 is 47.5. The maximum absolute atomic E-state index is 8.46. The first kappa shape index (κ1) is 22.2. The minimum absolute atomic E-state index is 0.169. The van der Waals surface area contributed by atoms with E-state index in [-0.39, 0.29) is 29.7 Å². The summed E-state index contributed by atoms with van der Waals surface area (Å²) in [5.41, 5.74) is 6.70. The standard InChI is InChI=1S/C43H27N3O/c1-4-12-28(13-5-1)31-20-21-33-25-34(23-22-32(33)24-31)42-44-41(30-16-8-3-9-17-30)45-43(46-42)37-26-35(29-14-6-2-7-15-29)27-39-40(37)36-18-10-11-19-38(36)47-39/h1-27H/i1D,4D,5D,12D,13D. The molecular weight excluding hydrogens is 574 g/mol. The molecule has 0 radical (unpaired) electrons. The van der Waals surface area contributed by atoms with Crippen molar-refractivity contribution in [3.8, 4) is 56.4 Å². The number of rotatable bonds is 5. The summed E-state index contributed by atoms with van der Waals surface area (Å²) >= 11 is 0. The van der Waals surface area contributed by atoms with Gasteiger partial charge in [0, 0.05) is 27.5 Å². The Morgan fingerprint density at radius 3 is 1.81 bits per heavy atom. The van der Waals surface area contributed by atoms with Gasteiger partial charge in [0.15, 0.2) is 17.5 Å². The molecule has 220 valence electrons. The van der Waals surface area contributed by atoms with Gasteiger partial charge >= 0.3 is 0 Å². The molecule has 0 amide bonds. The fourth-order valence-corrected chi connectivity index (χ4v) is 6.10. The second kappa shape index (κ2) is 11.2. The molecule has 47 heavy (non-hydrogen) atoms. The molecule has 0 spiro atoms. The zero-order chi connectivity index (χ0) is 35.5. The lowest BCUT2D eigenvalue weighted by Crippen LogP contribution is -2.00. The van der Waals surface area contributed by atoms with Crippen LogP contribution in [-0.2, 0) is 0 Å². The lowest BCUT2D eigenvalue weighted by molar-refractivity contribution is 0.669. The molecule has 0 unspecified atom stereocenters. The molecule has 2 aromatic heterocycles. The minimum atomic E-state index is -0.413. The zero-order valence-electron chi connectivity index (χ0n) is 30.0. The van der Waals surface area contributed by atoms with Gasteiger partial charge in [0.1, 0.15) is 11.2 Å². The third kappa shape index (κ3) is 4.93. The highest BCUT2D eigenvalue weighted by Crippen LogP contribution is 2.40. The summed E-state index contributed by atoms with van der Waals surface area (Å²) in [5.74, 6) is 1.53. The highest BCUT2D eigenvalue weighted by molar-refractivity contribution is 6.13. The molecule has 0 N–H and O–H groups in total. The van der Waals surface area contributed by atoms with E-state index in [9.17, 15) is 0 Å². The average Bonchev–Trinajstić information content (AvgIpc) is 3.58. The van der Waals surface area contributed by atoms with Crippen molar-refractivity contribution in [3.05, 3.63) is 164 Å². The number of furan rings is 1. The maximum atomic E-state index is 8.46. The molecule has 0 bridgehead atoms. The summed E-state index contributed by atoms with van der Waals surface area (Å²) in [4.78, 5) is 15.2. The van der Waals surface area contributed by atoms with Crippen LogP contribution < -0.4 is 0 Å². The summed E-state index contributed by atoms with van der Waals surface area (Å²) in [5, 5.41) is 3.61. The SMILES string of the molecule is [2H]c1c([2H])c([2H])c(-c2ccc3cc(-c4nc(-c5ccccc5)nc(-c5cc(-c6ccccc6)cc6oc7ccccc7c56)n4)ccc3c2)c([2H])c1[2H]. The Bertz CT molecular complexity index is 2830. The Balaban J connectivity index is 1.24. The number of aromatic nitrogens is 3. The van der Waals surface area contributed by atoms with Gasteiger partial charge in [-0.1, -0.05) is 133 Å². The monoisotopic (exact) mass is 606 g/mol. The number of benzene rings is 7. The largest absolute Gasteiger partial charge is 0.456 e. The van der Waals surface area contributed by atoms with Crippen LogP contribution in [0.2, 0.25) is 0 Å². The van der Waals surface area contributed by atoms with Crippen molar-refractivity contribution in [2.24, 2.45) is 0 Å². The molecule has 0 saturated heterocycles. The quantitative estimate of drug-likeness (QED) is 0.196. The number of nitrogens with zero attached hydrogens (tertiary/aromatic N) is 3. The molecule has 0 fully saturated rings. The van der Waals surface area contributed by atoms with E-state index < -0.39 is 6.04 Å². The molecular formula is C43H27N3O. The highest BCUT2D eigenvalue weighted by Gasteiger charge is 2.19. The molecule has 9 aromatic rings. The van der Waals surface area contributed by atoms with E-state index in [2.05, 4.69) is 30.3 Å². The van der Waals surface area contributed by atoms with Gasteiger partial charge in [-0.3, -0.25) is 0 Å². The van der Waals surface area contributed by atoms with Crippen LogP contribution in [0.5, 0.6) is 0 Å². The summed E-state index contributed by atoms with van der Waals surface area (Å²) in [7, 11) is 0. The first-order valence-corrected chi connectivity index (χ1v) is 15.3. The second-order valence-corrected chi connectivity index (χ2v) is 11.3. The predicted molar refractivity (Wildman–Crippen MR) is 192 cm³/mol. The van der Waals surface area contributed by atoms with Crippen molar-refractivity contribution in [2.75, 3.05) is 0 Å². The predicted octanol–water partition coefficient (Wildman–Crippen LogP) is 11.3. The van der Waals surface area contributed by atoms with Gasteiger partial charge in [-0.05, 0) is 63.4 Å². The van der Waals surface area contributed by atoms with Crippen molar-refractivity contribution >= 4 is 32.7 Å². The summed E-state index contributed by atoms with van der Waals surface area (Å²) in [6.45, 7) is 0. The lowest BCUT2D eigenvalue weighted by atomic mass is 9.98. The normalized spacial score (nSPS) is 12.9. The number of fused-ring (bicyclic) bond motifs is 4. The smallest absolute Gasteiger partial charge is 0.164 e. The molecule has 9 rings (SSSR count). The molecule has 7 aromatic carbocycles. The van der Waals surface area contributed by atoms with Crippen LogP contribution in [0.1, 0.15) is 6.85 Å². The molecule has 0 atom stereocenters. The van der Waals surface area contributed by atoms with Crippen LogP contribution in [0, 0.1) is 0 Å². The van der Waals surface area contributed by atoms with Crippen LogP contribution >= 0.6 is 0 Å². The van der Waals surface area contributed by atoms with E-state index in [0.717, 1.165) is 60.5 Å². The molecule has 4 nitrogen and oxygen atoms in total. The lowest BCUT2D eigenvalue weighted by Gasteiger charge is -2.12. The van der Waals surface area contributed by atoms with Crippen LogP contribution in [0.4, 0.5) is 0 Å². The van der Waals surface area contributed by atoms with E-state index >= 15 is 0 Å². The van der Waals surface area contributed by atoms with Crippen molar-refractivity contribution < 1.29 is 11.3 Å². The average molecular weight is 607 g/mol. The van der Waals surface area contributed by atoms with Crippen molar-refractivity contribution in [2.45, 2.75) is 0 Å². The molecule has 0 saturated carbocycles. The van der Waals surface area contributed by atoms with E-state index in [1.165, 1.54) is 0 Å². The van der Waals surface area contributed by atoms with Gasteiger partial charge in [0.25, 0.3) is 0 Å². The number of para-hydroxylation sites is 1. The maximum Gasteiger partial charge on any atom is 0.164 e. The third-order valence-electron chi connectivity index (χ3n) is 8.38. The Morgan fingerprint density at radius 2 is 1.04 bits per heavy atom. The molecule has 2 heterocycles. The fourth-order valence-electron chi connectivity index (χ4n) is 6.10. The van der Waals surface area contributed by atoms with Gasteiger partial charge < -0.3 is 4.42 Å². The first-order chi connectivity index (χ1) is 25.3. The van der Waals surface area contributed by atoms with Crippen molar-refractivity contribution in [1.82, 2.24) is 15.0 Å². The summed E-state index contributed by atoms with van der Waals surface area (Å²) in [6.07, 6.45) is 0. The summed E-state index contributed by atoms with van der Waals surface area (Å²) in [6, 6.07) is 41.9. The van der Waals surface area contributed by atoms with Gasteiger partial charge in [-0.15, -0.1) is 0 Å². The third-order valence-corrected chi connectivity index (χ3v) is 8.38. The van der Waals surface area contributed by atoms with Gasteiger partial charge in [0.2, 0.25) is 0 Å². The van der Waals surface area contributed by atoms with E-state index in [1.807, 2.05) is 97.1 Å². The number of hydrogen-bond donors (Lipinski definition) is 0. The molecule has 4 heteroatoms. The van der Waals surface area contributed by atoms with Gasteiger partial charge in [-0.2, -0.15) is 0 Å². The first-order valence-electron chi connectivity index (χ1n) is 17.8. The number of hydrogen-bond acceptors (Lipinski definition) is 4. The Labute approximate surface area is 278 Å².